The fourth-order valence-electron chi connectivity index (χ4n) is 2.46. The Morgan fingerprint density at radius 1 is 1.28 bits per heavy atom. The number of nitrogens with zero attached hydrogens (tertiary/aromatic N) is 2. The largest absolute Gasteiger partial charge is 0.368 e. The first-order valence-corrected chi connectivity index (χ1v) is 6.92. The first kappa shape index (κ1) is 13.7. The van der Waals surface area contributed by atoms with Crippen molar-refractivity contribution in [1.82, 2.24) is 4.90 Å². The molecular formula is C14H22ClN3. The monoisotopic (exact) mass is 267 g/mol. The number of para-hydroxylation sites is 1. The van der Waals surface area contributed by atoms with Gasteiger partial charge in [-0.1, -0.05) is 23.7 Å². The Balaban J connectivity index is 2.24. The SMILES string of the molecule is CC(N)Cc1cccc(Cl)c1N1CCN(C)CC1. The van der Waals surface area contributed by atoms with Crippen molar-refractivity contribution in [2.24, 2.45) is 5.73 Å². The van der Waals surface area contributed by atoms with Crippen molar-refractivity contribution in [2.75, 3.05) is 38.1 Å². The molecule has 0 aromatic heterocycles. The second-order valence-electron chi connectivity index (χ2n) is 5.22. The third-order valence-electron chi connectivity index (χ3n) is 3.43. The number of piperazine rings is 1. The highest BCUT2D eigenvalue weighted by molar-refractivity contribution is 6.33. The molecule has 1 unspecified atom stereocenters. The highest BCUT2D eigenvalue weighted by atomic mass is 35.5. The highest BCUT2D eigenvalue weighted by Crippen LogP contribution is 2.31. The van der Waals surface area contributed by atoms with Crippen LogP contribution in [0.15, 0.2) is 18.2 Å². The lowest BCUT2D eigenvalue weighted by atomic mass is 10.0. The topological polar surface area (TPSA) is 32.5 Å². The van der Waals surface area contributed by atoms with Crippen molar-refractivity contribution in [3.05, 3.63) is 28.8 Å². The first-order valence-electron chi connectivity index (χ1n) is 6.54. The van der Waals surface area contributed by atoms with Gasteiger partial charge in [0.1, 0.15) is 0 Å². The molecular weight excluding hydrogens is 246 g/mol. The molecule has 1 atom stereocenters. The summed E-state index contributed by atoms with van der Waals surface area (Å²) in [4.78, 5) is 4.73. The van der Waals surface area contributed by atoms with E-state index in [9.17, 15) is 0 Å². The van der Waals surface area contributed by atoms with E-state index in [0.717, 1.165) is 37.6 Å². The molecule has 1 aromatic carbocycles. The maximum absolute atomic E-state index is 6.39. The van der Waals surface area contributed by atoms with Crippen LogP contribution in [-0.4, -0.2) is 44.2 Å². The molecule has 3 nitrogen and oxygen atoms in total. The average Bonchev–Trinajstić information content (AvgIpc) is 2.30. The number of benzene rings is 1. The van der Waals surface area contributed by atoms with E-state index >= 15 is 0 Å². The number of rotatable bonds is 3. The fraction of sp³-hybridized carbons (Fsp3) is 0.571. The number of likely N-dealkylation sites (N-methyl/N-ethyl adjacent to an activating group) is 1. The normalized spacial score (nSPS) is 19.0. The molecule has 0 saturated carbocycles. The number of hydrogen-bond donors (Lipinski definition) is 1. The van der Waals surface area contributed by atoms with Crippen molar-refractivity contribution in [3.63, 3.8) is 0 Å². The van der Waals surface area contributed by atoms with Crippen LogP contribution in [0.3, 0.4) is 0 Å². The van der Waals surface area contributed by atoms with Gasteiger partial charge in [0.25, 0.3) is 0 Å². The minimum atomic E-state index is 0.162. The zero-order chi connectivity index (χ0) is 13.1. The Morgan fingerprint density at radius 3 is 2.56 bits per heavy atom. The van der Waals surface area contributed by atoms with E-state index in [1.165, 1.54) is 11.3 Å². The van der Waals surface area contributed by atoms with Crippen LogP contribution in [0.5, 0.6) is 0 Å². The summed E-state index contributed by atoms with van der Waals surface area (Å²) in [6.45, 7) is 6.28. The Morgan fingerprint density at radius 2 is 1.94 bits per heavy atom. The van der Waals surface area contributed by atoms with Crippen LogP contribution in [0.25, 0.3) is 0 Å². The smallest absolute Gasteiger partial charge is 0.0642 e. The van der Waals surface area contributed by atoms with Crippen LogP contribution in [0.2, 0.25) is 5.02 Å². The van der Waals surface area contributed by atoms with E-state index in [1.54, 1.807) is 0 Å². The van der Waals surface area contributed by atoms with Crippen molar-refractivity contribution < 1.29 is 0 Å². The van der Waals surface area contributed by atoms with E-state index in [0.29, 0.717) is 0 Å². The summed E-state index contributed by atoms with van der Waals surface area (Å²) in [5, 5.41) is 0.845. The van der Waals surface area contributed by atoms with E-state index in [-0.39, 0.29) is 6.04 Å². The molecule has 1 heterocycles. The van der Waals surface area contributed by atoms with Crippen molar-refractivity contribution >= 4 is 17.3 Å². The van der Waals surface area contributed by atoms with Gasteiger partial charge in [0, 0.05) is 32.2 Å². The fourth-order valence-corrected chi connectivity index (χ4v) is 2.77. The third-order valence-corrected chi connectivity index (χ3v) is 3.74. The number of nitrogens with two attached hydrogens (primary N) is 1. The van der Waals surface area contributed by atoms with Gasteiger partial charge in [-0.3, -0.25) is 0 Å². The lowest BCUT2D eigenvalue weighted by molar-refractivity contribution is 0.312. The number of halogens is 1. The summed E-state index contributed by atoms with van der Waals surface area (Å²) < 4.78 is 0. The number of hydrogen-bond acceptors (Lipinski definition) is 3. The van der Waals surface area contributed by atoms with E-state index in [1.807, 2.05) is 19.1 Å². The minimum absolute atomic E-state index is 0.162. The summed E-state index contributed by atoms with van der Waals surface area (Å²) >= 11 is 6.39. The molecule has 18 heavy (non-hydrogen) atoms. The number of anilines is 1. The van der Waals surface area contributed by atoms with Crippen LogP contribution in [0, 0.1) is 0 Å². The van der Waals surface area contributed by atoms with Crippen LogP contribution >= 0.6 is 11.6 Å². The van der Waals surface area contributed by atoms with Crippen molar-refractivity contribution in [2.45, 2.75) is 19.4 Å². The molecule has 1 fully saturated rings. The molecule has 0 bridgehead atoms. The van der Waals surface area contributed by atoms with Gasteiger partial charge in [-0.25, -0.2) is 0 Å². The minimum Gasteiger partial charge on any atom is -0.368 e. The molecule has 1 saturated heterocycles. The Bertz CT molecular complexity index is 398. The second kappa shape index (κ2) is 5.91. The van der Waals surface area contributed by atoms with Gasteiger partial charge in [-0.2, -0.15) is 0 Å². The quantitative estimate of drug-likeness (QED) is 0.909. The van der Waals surface area contributed by atoms with Gasteiger partial charge in [0.15, 0.2) is 0 Å². The molecule has 2 N–H and O–H groups in total. The zero-order valence-corrected chi connectivity index (χ0v) is 12.0. The molecule has 1 aliphatic rings. The lowest BCUT2D eigenvalue weighted by Gasteiger charge is -2.36. The zero-order valence-electron chi connectivity index (χ0n) is 11.2. The molecule has 4 heteroatoms. The summed E-state index contributed by atoms with van der Waals surface area (Å²) in [6.07, 6.45) is 0.877. The predicted octanol–water partition coefficient (Wildman–Crippen LogP) is 1.98. The molecule has 2 rings (SSSR count). The standard InChI is InChI=1S/C14H22ClN3/c1-11(16)10-12-4-3-5-13(15)14(12)18-8-6-17(2)7-9-18/h3-5,11H,6-10,16H2,1-2H3. The van der Waals surface area contributed by atoms with Gasteiger partial charge in [0.2, 0.25) is 0 Å². The summed E-state index contributed by atoms with van der Waals surface area (Å²) in [7, 11) is 2.16. The summed E-state index contributed by atoms with van der Waals surface area (Å²) in [5.41, 5.74) is 8.38. The summed E-state index contributed by atoms with van der Waals surface area (Å²) in [5.74, 6) is 0. The van der Waals surface area contributed by atoms with E-state index < -0.39 is 0 Å². The average molecular weight is 268 g/mol. The molecule has 0 amide bonds. The van der Waals surface area contributed by atoms with Crippen LogP contribution in [-0.2, 0) is 6.42 Å². The molecule has 0 spiro atoms. The highest BCUT2D eigenvalue weighted by Gasteiger charge is 2.19. The maximum atomic E-state index is 6.39. The van der Waals surface area contributed by atoms with Crippen LogP contribution in [0.4, 0.5) is 5.69 Å². The molecule has 0 aliphatic carbocycles. The maximum Gasteiger partial charge on any atom is 0.0642 e. The molecule has 100 valence electrons. The van der Waals surface area contributed by atoms with Crippen LogP contribution in [0.1, 0.15) is 12.5 Å². The van der Waals surface area contributed by atoms with Gasteiger partial charge in [0.05, 0.1) is 10.7 Å². The van der Waals surface area contributed by atoms with Gasteiger partial charge in [-0.05, 0) is 32.0 Å². The van der Waals surface area contributed by atoms with Gasteiger partial charge >= 0.3 is 0 Å². The Labute approximate surface area is 115 Å². The molecule has 0 radical (unpaired) electrons. The van der Waals surface area contributed by atoms with Gasteiger partial charge < -0.3 is 15.5 Å². The first-order chi connectivity index (χ1) is 8.58. The lowest BCUT2D eigenvalue weighted by Crippen LogP contribution is -2.45. The van der Waals surface area contributed by atoms with Crippen molar-refractivity contribution in [3.8, 4) is 0 Å². The molecule has 1 aromatic rings. The third kappa shape index (κ3) is 3.16. The van der Waals surface area contributed by atoms with Crippen LogP contribution < -0.4 is 10.6 Å². The summed E-state index contributed by atoms with van der Waals surface area (Å²) in [6, 6.07) is 6.29. The van der Waals surface area contributed by atoms with Gasteiger partial charge in [-0.15, -0.1) is 0 Å². The Hall–Kier alpha value is -0.770. The van der Waals surface area contributed by atoms with E-state index in [2.05, 4.69) is 22.9 Å². The predicted molar refractivity (Wildman–Crippen MR) is 78.5 cm³/mol. The van der Waals surface area contributed by atoms with Crippen molar-refractivity contribution in [1.29, 1.82) is 0 Å². The second-order valence-corrected chi connectivity index (χ2v) is 5.63. The molecule has 1 aliphatic heterocycles. The van der Waals surface area contributed by atoms with E-state index in [4.69, 9.17) is 17.3 Å². The Kier molecular flexibility index (Phi) is 4.49.